The van der Waals surface area contributed by atoms with Gasteiger partial charge in [-0.1, -0.05) is 57.4 Å². The maximum absolute atomic E-state index is 13.1. The molecule has 2 saturated carbocycles. The highest BCUT2D eigenvalue weighted by Crippen LogP contribution is 2.38. The zero-order valence-electron chi connectivity index (χ0n) is 19.7. The van der Waals surface area contributed by atoms with Crippen LogP contribution in [0.5, 0.6) is 0 Å². The number of thiophene rings is 1. The van der Waals surface area contributed by atoms with Crippen LogP contribution < -0.4 is 4.72 Å². The molecule has 1 heterocycles. The Balaban J connectivity index is 1.46. The van der Waals surface area contributed by atoms with Crippen molar-refractivity contribution < 1.29 is 13.6 Å². The Hall–Kier alpha value is -1.70. The maximum atomic E-state index is 13.1. The summed E-state index contributed by atoms with van der Waals surface area (Å²) in [5.41, 5.74) is 3.11. The van der Waals surface area contributed by atoms with Crippen molar-refractivity contribution in [3.63, 3.8) is 0 Å². The predicted octanol–water partition coefficient (Wildman–Crippen LogP) is 6.62. The van der Waals surface area contributed by atoms with Gasteiger partial charge < -0.3 is 4.90 Å². The molecule has 2 aliphatic rings. The van der Waals surface area contributed by atoms with Gasteiger partial charge in [-0.15, -0.1) is 11.3 Å². The lowest BCUT2D eigenvalue weighted by Gasteiger charge is -2.27. The summed E-state index contributed by atoms with van der Waals surface area (Å²) in [4.78, 5) is 16.4. The average Bonchev–Trinajstić information content (AvgIpc) is 3.54. The summed E-state index contributed by atoms with van der Waals surface area (Å²) < 4.78 is 23.5. The minimum absolute atomic E-state index is 0.321. The lowest BCUT2D eigenvalue weighted by atomic mass is 9.86. The third kappa shape index (κ3) is 6.90. The zero-order chi connectivity index (χ0) is 23.4. The van der Waals surface area contributed by atoms with Gasteiger partial charge in [0.1, 0.15) is 5.00 Å². The highest BCUT2D eigenvalue weighted by molar-refractivity contribution is 7.80. The number of nitrogens with zero attached hydrogens (tertiary/aromatic N) is 1. The van der Waals surface area contributed by atoms with Gasteiger partial charge in [0, 0.05) is 29.4 Å². The number of carbonyl (C=O) groups excluding carboxylic acids is 1. The number of anilines is 1. The van der Waals surface area contributed by atoms with Gasteiger partial charge in [-0.3, -0.25) is 14.1 Å². The van der Waals surface area contributed by atoms with Crippen molar-refractivity contribution in [3.8, 4) is 11.1 Å². The quantitative estimate of drug-likeness (QED) is 0.369. The molecule has 2 aliphatic carbocycles. The molecule has 1 amide bonds. The van der Waals surface area contributed by atoms with E-state index >= 15 is 0 Å². The normalized spacial score (nSPS) is 17.8. The van der Waals surface area contributed by atoms with Gasteiger partial charge in [0.2, 0.25) is 5.91 Å². The smallest absolute Gasteiger partial charge is 0.259 e. The van der Waals surface area contributed by atoms with Crippen LogP contribution in [0.2, 0.25) is 0 Å². The van der Waals surface area contributed by atoms with Gasteiger partial charge in [0.05, 0.1) is 0 Å². The molecule has 0 spiro atoms. The molecule has 0 saturated heterocycles. The molecule has 4 rings (SSSR count). The van der Waals surface area contributed by atoms with Crippen LogP contribution in [0.25, 0.3) is 11.1 Å². The molecule has 1 unspecified atom stereocenters. The van der Waals surface area contributed by atoms with Gasteiger partial charge in [-0.2, -0.15) is 0 Å². The Bertz CT molecular complexity index is 960. The van der Waals surface area contributed by atoms with Crippen molar-refractivity contribution in [2.24, 2.45) is 11.8 Å². The number of amides is 1. The molecule has 0 aliphatic heterocycles. The average molecular weight is 489 g/mol. The van der Waals surface area contributed by atoms with Crippen LogP contribution in [0, 0.1) is 11.8 Å². The minimum Gasteiger partial charge on any atom is -0.335 e. The van der Waals surface area contributed by atoms with E-state index in [9.17, 15) is 13.6 Å². The molecular weight excluding hydrogens is 452 g/mol. The van der Waals surface area contributed by atoms with Crippen LogP contribution in [0.3, 0.4) is 0 Å². The van der Waals surface area contributed by atoms with E-state index in [1.165, 1.54) is 37.0 Å². The van der Waals surface area contributed by atoms with Crippen LogP contribution in [0.15, 0.2) is 30.3 Å². The number of carbonyl (C=O) groups is 1. The van der Waals surface area contributed by atoms with Crippen LogP contribution in [0.4, 0.5) is 5.00 Å². The molecule has 0 bridgehead atoms. The molecule has 1 atom stereocenters. The van der Waals surface area contributed by atoms with E-state index < -0.39 is 11.3 Å². The van der Waals surface area contributed by atoms with E-state index in [4.69, 9.17) is 0 Å². The van der Waals surface area contributed by atoms with Gasteiger partial charge in [0.15, 0.2) is 0 Å². The first-order valence-corrected chi connectivity index (χ1v) is 14.2. The van der Waals surface area contributed by atoms with Gasteiger partial charge >= 0.3 is 0 Å². The standard InChI is InChI=1S/C26H36N2O3S2/c1-18(2)14-23-16-24(26(32-23)27-33(30)31)21-10-8-20(9-11-21)17-28(22-12-13-22)25(29)15-19-6-4-3-5-7-19/h8-11,16,18-19,22,27H,3-7,12-15,17H2,1-2H3,(H,30,31). The third-order valence-corrected chi connectivity index (χ3v) is 8.27. The first-order chi connectivity index (χ1) is 15.9. The van der Waals surface area contributed by atoms with Crippen molar-refractivity contribution in [1.82, 2.24) is 4.90 Å². The summed E-state index contributed by atoms with van der Waals surface area (Å²) in [7, 11) is 0. The molecule has 180 valence electrons. The topological polar surface area (TPSA) is 69.6 Å². The van der Waals surface area contributed by atoms with E-state index in [0.717, 1.165) is 41.0 Å². The van der Waals surface area contributed by atoms with Gasteiger partial charge in [-0.25, -0.2) is 4.21 Å². The Morgan fingerprint density at radius 3 is 2.45 bits per heavy atom. The fourth-order valence-corrected chi connectivity index (χ4v) is 6.66. The lowest BCUT2D eigenvalue weighted by molar-refractivity contribution is -0.133. The molecule has 1 aromatic heterocycles. The largest absolute Gasteiger partial charge is 0.335 e. The van der Waals surface area contributed by atoms with Crippen molar-refractivity contribution in [1.29, 1.82) is 0 Å². The number of nitrogens with one attached hydrogen (secondary N) is 1. The maximum Gasteiger partial charge on any atom is 0.259 e. The second kappa shape index (κ2) is 11.2. The summed E-state index contributed by atoms with van der Waals surface area (Å²) in [5.74, 6) is 1.41. The first kappa shape index (κ1) is 24.4. The number of hydrogen-bond donors (Lipinski definition) is 2. The first-order valence-electron chi connectivity index (χ1n) is 12.3. The third-order valence-electron chi connectivity index (χ3n) is 6.69. The van der Waals surface area contributed by atoms with E-state index in [2.05, 4.69) is 53.8 Å². The predicted molar refractivity (Wildman–Crippen MR) is 137 cm³/mol. The van der Waals surface area contributed by atoms with Crippen molar-refractivity contribution >= 4 is 33.5 Å². The molecule has 5 nitrogen and oxygen atoms in total. The van der Waals surface area contributed by atoms with Gasteiger partial charge in [-0.05, 0) is 61.1 Å². The SMILES string of the molecule is CC(C)Cc1cc(-c2ccc(CN(C(=O)CC3CCCCC3)C3CC3)cc2)c(NS(=O)O)s1. The molecule has 0 radical (unpaired) electrons. The Kier molecular flexibility index (Phi) is 8.25. The molecule has 2 fully saturated rings. The van der Waals surface area contributed by atoms with Crippen LogP contribution in [-0.4, -0.2) is 25.6 Å². The van der Waals surface area contributed by atoms with Crippen molar-refractivity contribution in [3.05, 3.63) is 40.8 Å². The molecule has 2 aromatic rings. The summed E-state index contributed by atoms with van der Waals surface area (Å²) >= 11 is -0.562. The van der Waals surface area contributed by atoms with E-state index in [0.29, 0.717) is 36.8 Å². The Morgan fingerprint density at radius 1 is 1.15 bits per heavy atom. The second-order valence-electron chi connectivity index (χ2n) is 10.1. The summed E-state index contributed by atoms with van der Waals surface area (Å²) in [6.45, 7) is 5.02. The van der Waals surface area contributed by atoms with E-state index in [1.807, 2.05) is 0 Å². The molecule has 2 N–H and O–H groups in total. The molecule has 33 heavy (non-hydrogen) atoms. The molecular formula is C26H36N2O3S2. The summed E-state index contributed by atoms with van der Waals surface area (Å²) in [6.07, 6.45) is 10.1. The van der Waals surface area contributed by atoms with Crippen molar-refractivity contribution in [2.45, 2.75) is 84.2 Å². The summed E-state index contributed by atoms with van der Waals surface area (Å²) in [6, 6.07) is 10.9. The minimum atomic E-state index is -2.10. The number of rotatable bonds is 10. The number of benzene rings is 1. The van der Waals surface area contributed by atoms with E-state index in [1.54, 1.807) is 11.3 Å². The van der Waals surface area contributed by atoms with Crippen LogP contribution in [0.1, 0.15) is 75.7 Å². The Labute approximate surface area is 204 Å². The van der Waals surface area contributed by atoms with E-state index in [-0.39, 0.29) is 0 Å². The number of hydrogen-bond acceptors (Lipinski definition) is 3. The molecule has 7 heteroatoms. The highest BCUT2D eigenvalue weighted by Gasteiger charge is 2.33. The summed E-state index contributed by atoms with van der Waals surface area (Å²) in [5, 5.41) is 0.724. The lowest BCUT2D eigenvalue weighted by Crippen LogP contribution is -2.34. The second-order valence-corrected chi connectivity index (χ2v) is 11.9. The zero-order valence-corrected chi connectivity index (χ0v) is 21.4. The Morgan fingerprint density at radius 2 is 1.85 bits per heavy atom. The monoisotopic (exact) mass is 488 g/mol. The fraction of sp³-hybridized carbons (Fsp3) is 0.577. The molecule has 1 aromatic carbocycles. The van der Waals surface area contributed by atoms with Crippen LogP contribution >= 0.6 is 11.3 Å². The highest BCUT2D eigenvalue weighted by atomic mass is 32.2. The van der Waals surface area contributed by atoms with Crippen LogP contribution in [-0.2, 0) is 29.0 Å². The fourth-order valence-electron chi connectivity index (χ4n) is 4.86. The van der Waals surface area contributed by atoms with Gasteiger partial charge in [0.25, 0.3) is 11.3 Å². The van der Waals surface area contributed by atoms with Crippen molar-refractivity contribution in [2.75, 3.05) is 4.72 Å².